The Morgan fingerprint density at radius 3 is 2.75 bits per heavy atom. The third-order valence-corrected chi connectivity index (χ3v) is 1.63. The summed E-state index contributed by atoms with van der Waals surface area (Å²) in [6.45, 7) is 0. The summed E-state index contributed by atoms with van der Waals surface area (Å²) in [5.41, 5.74) is 0.494. The maximum Gasteiger partial charge on any atom is 0.307 e. The molecular weight excluding hydrogens is 185 g/mol. The predicted octanol–water partition coefficient (Wildman–Crippen LogP) is 2.11. The molecule has 0 saturated carbocycles. The smallest absolute Gasteiger partial charge is 0.307 e. The molecular formula is C8H6ClFO2. The first-order valence-electron chi connectivity index (χ1n) is 3.25. The van der Waals surface area contributed by atoms with Crippen LogP contribution in [-0.2, 0) is 11.2 Å². The zero-order valence-electron chi connectivity index (χ0n) is 6.05. The highest BCUT2D eigenvalue weighted by Gasteiger charge is 2.03. The third kappa shape index (κ3) is 2.20. The van der Waals surface area contributed by atoms with E-state index in [1.54, 1.807) is 0 Å². The van der Waals surface area contributed by atoms with Gasteiger partial charge in [0.25, 0.3) is 0 Å². The molecule has 0 fully saturated rings. The highest BCUT2D eigenvalue weighted by Crippen LogP contribution is 2.16. The minimum atomic E-state index is -0.960. The van der Waals surface area contributed by atoms with Crippen molar-refractivity contribution in [3.63, 3.8) is 0 Å². The molecule has 0 amide bonds. The monoisotopic (exact) mass is 190 g/mol. The molecule has 1 N–H and O–H groups in total. The molecule has 1 aromatic carbocycles. The highest BCUT2D eigenvalue weighted by atomic mass is 35.5. The van der Waals surface area contributed by atoms with Crippen molar-refractivity contribution < 1.29 is 14.3 Å². The van der Waals surface area contributed by atoms with Gasteiger partial charge in [-0.3, -0.25) is 4.79 Å². The molecule has 2 nitrogen and oxygen atoms in total. The molecule has 4 heteroatoms. The summed E-state index contributed by atoms with van der Waals surface area (Å²) in [5.74, 6) is -1.50. The van der Waals surface area contributed by atoms with Gasteiger partial charge in [0.1, 0.15) is 5.82 Å². The number of aliphatic carboxylic acids is 1. The summed E-state index contributed by atoms with van der Waals surface area (Å²) in [5, 5.41) is 8.34. The van der Waals surface area contributed by atoms with Crippen molar-refractivity contribution in [2.45, 2.75) is 6.42 Å². The fourth-order valence-electron chi connectivity index (χ4n) is 0.824. The van der Waals surface area contributed by atoms with Crippen molar-refractivity contribution in [3.8, 4) is 0 Å². The van der Waals surface area contributed by atoms with Crippen LogP contribution in [0.2, 0.25) is 5.02 Å². The van der Waals surface area contributed by atoms with Crippen LogP contribution in [0, 0.1) is 5.82 Å². The van der Waals surface area contributed by atoms with Crippen molar-refractivity contribution in [3.05, 3.63) is 34.6 Å². The maximum atomic E-state index is 12.6. The molecule has 0 bridgehead atoms. The first kappa shape index (κ1) is 9.00. The van der Waals surface area contributed by atoms with Gasteiger partial charge in [-0.2, -0.15) is 0 Å². The van der Waals surface area contributed by atoms with Crippen LogP contribution in [0.5, 0.6) is 0 Å². The molecule has 0 saturated heterocycles. The quantitative estimate of drug-likeness (QED) is 0.776. The zero-order valence-corrected chi connectivity index (χ0v) is 6.81. The van der Waals surface area contributed by atoms with Gasteiger partial charge in [0.2, 0.25) is 0 Å². The topological polar surface area (TPSA) is 37.3 Å². The fraction of sp³-hybridized carbons (Fsp3) is 0.125. The summed E-state index contributed by atoms with van der Waals surface area (Å²) in [6.07, 6.45) is -0.139. The van der Waals surface area contributed by atoms with Gasteiger partial charge >= 0.3 is 5.97 Å². The Bertz CT molecular complexity index is 312. The fourth-order valence-corrected chi connectivity index (χ4v) is 1.03. The largest absolute Gasteiger partial charge is 0.481 e. The number of carboxylic acid groups (broad SMARTS) is 1. The van der Waals surface area contributed by atoms with E-state index in [9.17, 15) is 9.18 Å². The van der Waals surface area contributed by atoms with Gasteiger partial charge in [-0.1, -0.05) is 17.7 Å². The Hall–Kier alpha value is -1.09. The lowest BCUT2D eigenvalue weighted by Gasteiger charge is -1.97. The van der Waals surface area contributed by atoms with Crippen LogP contribution in [0.1, 0.15) is 5.56 Å². The number of hydrogen-bond donors (Lipinski definition) is 1. The number of carbonyl (C=O) groups is 1. The van der Waals surface area contributed by atoms with Gasteiger partial charge in [-0.15, -0.1) is 0 Å². The van der Waals surface area contributed by atoms with Gasteiger partial charge in [0.15, 0.2) is 0 Å². The summed E-state index contributed by atoms with van der Waals surface area (Å²) in [6, 6.07) is 3.86. The van der Waals surface area contributed by atoms with Crippen LogP contribution in [0.4, 0.5) is 4.39 Å². The van der Waals surface area contributed by atoms with E-state index in [-0.39, 0.29) is 11.4 Å². The molecule has 64 valence electrons. The first-order valence-corrected chi connectivity index (χ1v) is 3.63. The standard InChI is InChI=1S/C8H6ClFO2/c9-6-3-5(4-8(11)12)1-2-7(6)10/h1-3H,4H2,(H,11,12)/i4+2. The van der Waals surface area contributed by atoms with Crippen molar-refractivity contribution in [2.24, 2.45) is 0 Å². The van der Waals surface area contributed by atoms with Gasteiger partial charge < -0.3 is 5.11 Å². The Morgan fingerprint density at radius 2 is 2.25 bits per heavy atom. The normalized spacial score (nSPS) is 9.83. The maximum absolute atomic E-state index is 12.6. The highest BCUT2D eigenvalue weighted by molar-refractivity contribution is 6.30. The summed E-state index contributed by atoms with van der Waals surface area (Å²) in [7, 11) is 0. The SMILES string of the molecule is O=C(O)[14CH2]c1ccc(F)c(Cl)c1. The molecule has 0 unspecified atom stereocenters. The second-order valence-electron chi connectivity index (χ2n) is 2.32. The summed E-state index contributed by atoms with van der Waals surface area (Å²) < 4.78 is 12.6. The Balaban J connectivity index is 2.89. The van der Waals surface area contributed by atoms with E-state index in [0.29, 0.717) is 5.56 Å². The average molecular weight is 191 g/mol. The number of carboxylic acids is 1. The zero-order chi connectivity index (χ0) is 9.14. The molecule has 0 aliphatic carbocycles. The van der Waals surface area contributed by atoms with Crippen molar-refractivity contribution in [1.29, 1.82) is 0 Å². The van der Waals surface area contributed by atoms with E-state index in [2.05, 4.69) is 0 Å². The van der Waals surface area contributed by atoms with Gasteiger partial charge in [-0.05, 0) is 17.7 Å². The van der Waals surface area contributed by atoms with Crippen molar-refractivity contribution >= 4 is 17.6 Å². The Labute approximate surface area is 73.6 Å². The number of benzene rings is 1. The van der Waals surface area contributed by atoms with Crippen LogP contribution in [0.25, 0.3) is 0 Å². The van der Waals surface area contributed by atoms with Gasteiger partial charge in [0, 0.05) is 0 Å². The summed E-state index contributed by atoms with van der Waals surface area (Å²) >= 11 is 5.43. The van der Waals surface area contributed by atoms with Crippen LogP contribution < -0.4 is 0 Å². The van der Waals surface area contributed by atoms with Gasteiger partial charge in [0.05, 0.1) is 11.4 Å². The van der Waals surface area contributed by atoms with Crippen LogP contribution in [-0.4, -0.2) is 11.1 Å². The molecule has 12 heavy (non-hydrogen) atoms. The van der Waals surface area contributed by atoms with E-state index in [0.717, 1.165) is 6.07 Å². The lowest BCUT2D eigenvalue weighted by molar-refractivity contribution is -0.136. The molecule has 0 spiro atoms. The number of halogens is 2. The predicted molar refractivity (Wildman–Crippen MR) is 42.7 cm³/mol. The van der Waals surface area contributed by atoms with Crippen LogP contribution in [0.15, 0.2) is 18.2 Å². The lowest BCUT2D eigenvalue weighted by Crippen LogP contribution is -1.99. The van der Waals surface area contributed by atoms with E-state index in [1.165, 1.54) is 12.1 Å². The Morgan fingerprint density at radius 1 is 1.58 bits per heavy atom. The lowest BCUT2D eigenvalue weighted by atomic mass is 10.3. The molecule has 0 aliphatic rings. The second kappa shape index (κ2) is 3.54. The molecule has 0 atom stereocenters. The van der Waals surface area contributed by atoms with E-state index in [1.807, 2.05) is 0 Å². The number of rotatable bonds is 2. The molecule has 0 heterocycles. The molecule has 0 aromatic heterocycles. The molecule has 1 rings (SSSR count). The average Bonchev–Trinajstić information content (AvgIpc) is 1.96. The molecule has 0 radical (unpaired) electrons. The summed E-state index contributed by atoms with van der Waals surface area (Å²) in [4.78, 5) is 10.2. The molecule has 0 aliphatic heterocycles. The van der Waals surface area contributed by atoms with Gasteiger partial charge in [-0.25, -0.2) is 4.39 Å². The first-order chi connectivity index (χ1) is 5.59. The molecule has 1 aromatic rings. The van der Waals surface area contributed by atoms with E-state index >= 15 is 0 Å². The minimum absolute atomic E-state index is 0.0475. The van der Waals surface area contributed by atoms with Crippen LogP contribution >= 0.6 is 11.6 Å². The van der Waals surface area contributed by atoms with Crippen molar-refractivity contribution in [2.75, 3.05) is 0 Å². The van der Waals surface area contributed by atoms with E-state index < -0.39 is 11.8 Å². The van der Waals surface area contributed by atoms with Crippen molar-refractivity contribution in [1.82, 2.24) is 0 Å². The Kier molecular flexibility index (Phi) is 2.65. The van der Waals surface area contributed by atoms with E-state index in [4.69, 9.17) is 16.7 Å². The number of hydrogen-bond acceptors (Lipinski definition) is 1. The minimum Gasteiger partial charge on any atom is -0.481 e. The van der Waals surface area contributed by atoms with Crippen LogP contribution in [0.3, 0.4) is 0 Å². The third-order valence-electron chi connectivity index (χ3n) is 1.34. The second-order valence-corrected chi connectivity index (χ2v) is 2.73.